The van der Waals surface area contributed by atoms with Crippen molar-refractivity contribution < 1.29 is 22.4 Å². The normalized spacial score (nSPS) is 13.4. The fraction of sp³-hybridized carbons (Fsp3) is 0.143. The lowest BCUT2D eigenvalue weighted by molar-refractivity contribution is 0.0979. The van der Waals surface area contributed by atoms with Crippen LogP contribution in [0.25, 0.3) is 0 Å². The number of carbonyl (C=O) groups is 2. The maximum atomic E-state index is 14.9. The predicted octanol–water partition coefficient (Wildman–Crippen LogP) is 4.30. The second-order valence-corrected chi connectivity index (χ2v) is 10.7. The highest BCUT2D eigenvalue weighted by molar-refractivity contribution is 7.92. The Morgan fingerprint density at radius 1 is 1.12 bits per heavy atom. The molecule has 8 nitrogen and oxygen atoms in total. The van der Waals surface area contributed by atoms with Gasteiger partial charge < -0.3 is 15.5 Å². The van der Waals surface area contributed by atoms with Gasteiger partial charge in [0.15, 0.2) is 0 Å². The summed E-state index contributed by atoms with van der Waals surface area (Å²) in [6.07, 6.45) is 0.559. The molecule has 0 bridgehead atoms. The van der Waals surface area contributed by atoms with Crippen LogP contribution in [0.5, 0.6) is 0 Å². The molecule has 1 aliphatic heterocycles. The van der Waals surface area contributed by atoms with Crippen molar-refractivity contribution in [3.05, 3.63) is 69.8 Å². The Morgan fingerprint density at radius 3 is 2.55 bits per heavy atom. The number of fused-ring (bicyclic) bond motifs is 1. The molecule has 12 heteroatoms. The molecule has 0 saturated heterocycles. The van der Waals surface area contributed by atoms with Gasteiger partial charge in [0.1, 0.15) is 10.0 Å². The maximum absolute atomic E-state index is 14.9. The molecule has 1 aromatic heterocycles. The molecule has 3 N–H and O–H groups in total. The summed E-state index contributed by atoms with van der Waals surface area (Å²) in [6.45, 7) is 0.296. The number of sulfonamides is 1. The van der Waals surface area contributed by atoms with Crippen LogP contribution in [-0.4, -0.2) is 33.9 Å². The van der Waals surface area contributed by atoms with E-state index in [0.29, 0.717) is 18.5 Å². The molecule has 2 heterocycles. The van der Waals surface area contributed by atoms with Crippen molar-refractivity contribution in [2.45, 2.75) is 10.6 Å². The summed E-state index contributed by atoms with van der Waals surface area (Å²) < 4.78 is 41.2. The third-order valence-corrected chi connectivity index (χ3v) is 8.07. The minimum Gasteiger partial charge on any atom is -0.388 e. The van der Waals surface area contributed by atoms with Crippen LogP contribution in [0.4, 0.5) is 26.2 Å². The van der Waals surface area contributed by atoms with Gasteiger partial charge in [-0.15, -0.1) is 11.3 Å². The third-order valence-electron chi connectivity index (χ3n) is 5.01. The zero-order valence-electron chi connectivity index (χ0n) is 17.2. The van der Waals surface area contributed by atoms with Gasteiger partial charge in [-0.3, -0.25) is 4.79 Å². The average Bonchev–Trinajstić information content (AvgIpc) is 3.21. The summed E-state index contributed by atoms with van der Waals surface area (Å²) in [5.74, 6) is -1.05. The van der Waals surface area contributed by atoms with Gasteiger partial charge in [-0.05, 0) is 60.5 Å². The van der Waals surface area contributed by atoms with Gasteiger partial charge in [0.2, 0.25) is 0 Å². The molecular formula is C21H18ClFN4O4S2. The van der Waals surface area contributed by atoms with Gasteiger partial charge in [0.25, 0.3) is 15.9 Å². The van der Waals surface area contributed by atoms with Crippen molar-refractivity contribution in [2.75, 3.05) is 29.1 Å². The number of anilines is 3. The Labute approximate surface area is 198 Å². The largest absolute Gasteiger partial charge is 0.388 e. The summed E-state index contributed by atoms with van der Waals surface area (Å²) in [5.41, 5.74) is 2.36. The molecule has 172 valence electrons. The number of carbonyl (C=O) groups excluding carboxylic acids is 2. The molecule has 0 unspecified atom stereocenters. The van der Waals surface area contributed by atoms with Crippen LogP contribution in [0.1, 0.15) is 15.9 Å². The van der Waals surface area contributed by atoms with Crippen LogP contribution in [0.15, 0.2) is 52.7 Å². The van der Waals surface area contributed by atoms with Crippen molar-refractivity contribution >= 4 is 62.0 Å². The number of hydrogen-bond donors (Lipinski definition) is 3. The van der Waals surface area contributed by atoms with Gasteiger partial charge in [-0.2, -0.15) is 0 Å². The van der Waals surface area contributed by atoms with Gasteiger partial charge >= 0.3 is 6.03 Å². The Hall–Kier alpha value is -3.15. The molecule has 4 rings (SSSR count). The van der Waals surface area contributed by atoms with Crippen LogP contribution in [0.3, 0.4) is 0 Å². The molecule has 0 fully saturated rings. The van der Waals surface area contributed by atoms with Gasteiger partial charge in [-0.25, -0.2) is 22.3 Å². The molecular weight excluding hydrogens is 491 g/mol. The van der Waals surface area contributed by atoms with E-state index in [9.17, 15) is 22.4 Å². The number of nitrogens with zero attached hydrogens (tertiary/aromatic N) is 1. The molecule has 1 aliphatic rings. The number of thiophene rings is 1. The lowest BCUT2D eigenvalue weighted by Crippen LogP contribution is -2.38. The first-order valence-corrected chi connectivity index (χ1v) is 12.4. The van der Waals surface area contributed by atoms with E-state index in [1.807, 2.05) is 10.8 Å². The fourth-order valence-electron chi connectivity index (χ4n) is 3.45. The highest BCUT2D eigenvalue weighted by atomic mass is 35.5. The quantitative estimate of drug-likeness (QED) is 0.476. The number of rotatable bonds is 5. The second-order valence-electron chi connectivity index (χ2n) is 7.11. The van der Waals surface area contributed by atoms with Gasteiger partial charge in [-0.1, -0.05) is 11.6 Å². The molecule has 3 aromatic rings. The molecule has 0 atom stereocenters. The first-order valence-electron chi connectivity index (χ1n) is 9.69. The van der Waals surface area contributed by atoms with E-state index in [0.717, 1.165) is 28.7 Å². The number of amides is 3. The van der Waals surface area contributed by atoms with Crippen molar-refractivity contribution in [2.24, 2.45) is 0 Å². The zero-order valence-corrected chi connectivity index (χ0v) is 19.6. The summed E-state index contributed by atoms with van der Waals surface area (Å²) in [7, 11) is -2.33. The van der Waals surface area contributed by atoms with Crippen molar-refractivity contribution in [3.8, 4) is 0 Å². The average molecular weight is 509 g/mol. The molecule has 0 saturated carbocycles. The molecule has 0 aliphatic carbocycles. The van der Waals surface area contributed by atoms with Crippen LogP contribution >= 0.6 is 22.9 Å². The van der Waals surface area contributed by atoms with Crippen LogP contribution in [-0.2, 0) is 16.4 Å². The monoisotopic (exact) mass is 508 g/mol. The van der Waals surface area contributed by atoms with E-state index in [4.69, 9.17) is 11.6 Å². The number of nitrogens with one attached hydrogen (secondary N) is 3. The minimum absolute atomic E-state index is 0.0247. The maximum Gasteiger partial charge on any atom is 0.333 e. The number of halogens is 2. The first kappa shape index (κ1) is 23.0. The van der Waals surface area contributed by atoms with Crippen molar-refractivity contribution in [1.29, 1.82) is 0 Å². The minimum atomic E-state index is -4.11. The number of benzene rings is 2. The SMILES string of the molecule is CNc1ccc2c(c1)CCN(c1ccc(NC(=O)NS(=O)(=O)c3ccc(Cl)s3)cc1F)C2=O. The zero-order chi connectivity index (χ0) is 23.8. The molecule has 33 heavy (non-hydrogen) atoms. The topological polar surface area (TPSA) is 108 Å². The van der Waals surface area contributed by atoms with Crippen molar-refractivity contribution in [3.63, 3.8) is 0 Å². The van der Waals surface area contributed by atoms with Gasteiger partial charge in [0, 0.05) is 30.5 Å². The smallest absolute Gasteiger partial charge is 0.333 e. The van der Waals surface area contributed by atoms with Gasteiger partial charge in [0.05, 0.1) is 10.0 Å². The highest BCUT2D eigenvalue weighted by Gasteiger charge is 2.28. The Kier molecular flexibility index (Phi) is 6.28. The standard InChI is InChI=1S/C21H18ClFN4O4S2/c1-24-13-2-4-15-12(10-13)8-9-27(20(15)28)17-5-3-14(11-16(17)23)25-21(29)26-33(30,31)19-7-6-18(22)32-19/h2-7,10-11,24H,8-9H2,1H3,(H2,25,26,29). The fourth-order valence-corrected chi connectivity index (χ4v) is 5.84. The van der Waals surface area contributed by atoms with E-state index < -0.39 is 21.9 Å². The Balaban J connectivity index is 1.48. The van der Waals surface area contributed by atoms with Crippen LogP contribution in [0.2, 0.25) is 4.34 Å². The molecule has 2 aromatic carbocycles. The predicted molar refractivity (Wildman–Crippen MR) is 126 cm³/mol. The highest BCUT2D eigenvalue weighted by Crippen LogP contribution is 2.30. The number of urea groups is 1. The lowest BCUT2D eigenvalue weighted by atomic mass is 9.97. The Bertz CT molecular complexity index is 1360. The summed E-state index contributed by atoms with van der Waals surface area (Å²) in [5, 5.41) is 5.30. The third kappa shape index (κ3) is 4.80. The van der Waals surface area contributed by atoms with Crippen LogP contribution in [0, 0.1) is 5.82 Å². The second kappa shape index (κ2) is 9.00. The summed E-state index contributed by atoms with van der Waals surface area (Å²) in [4.78, 5) is 26.4. The van der Waals surface area contributed by atoms with Crippen LogP contribution < -0.4 is 20.3 Å². The van der Waals surface area contributed by atoms with E-state index in [1.54, 1.807) is 19.2 Å². The lowest BCUT2D eigenvalue weighted by Gasteiger charge is -2.29. The molecule has 0 spiro atoms. The van der Waals surface area contributed by atoms with E-state index in [2.05, 4.69) is 10.6 Å². The van der Waals surface area contributed by atoms with E-state index in [-0.39, 0.29) is 25.8 Å². The molecule has 3 amide bonds. The van der Waals surface area contributed by atoms with E-state index >= 15 is 0 Å². The van der Waals surface area contributed by atoms with Crippen molar-refractivity contribution in [1.82, 2.24) is 4.72 Å². The first-order chi connectivity index (χ1) is 15.7. The summed E-state index contributed by atoms with van der Waals surface area (Å²) >= 11 is 6.53. The van der Waals surface area contributed by atoms with E-state index in [1.165, 1.54) is 29.2 Å². The number of hydrogen-bond acceptors (Lipinski definition) is 6. The summed E-state index contributed by atoms with van der Waals surface area (Å²) in [6, 6.07) is 10.8. The molecule has 0 radical (unpaired) electrons. The Morgan fingerprint density at radius 2 is 1.88 bits per heavy atom.